The number of aliphatic hydroxyl groups excluding tert-OH is 1. The summed E-state index contributed by atoms with van der Waals surface area (Å²) in [6.45, 7) is 3.07. The molecule has 1 saturated heterocycles. The van der Waals surface area contributed by atoms with Crippen LogP contribution in [0.4, 0.5) is 0 Å². The number of carbonyl (C=O) groups excluding carboxylic acids is 2. The Labute approximate surface area is 135 Å². The zero-order valence-corrected chi connectivity index (χ0v) is 13.1. The average molecular weight is 321 g/mol. The van der Waals surface area contributed by atoms with E-state index in [1.165, 1.54) is 0 Å². The number of hydrogen-bond acceptors (Lipinski definition) is 5. The molecule has 7 heteroatoms. The Hall–Kier alpha value is -2.12. The average Bonchev–Trinajstić information content (AvgIpc) is 2.96. The molecule has 7 nitrogen and oxygen atoms in total. The van der Waals surface area contributed by atoms with Gasteiger partial charge in [0.1, 0.15) is 11.8 Å². The van der Waals surface area contributed by atoms with Crippen LogP contribution in [-0.4, -0.2) is 55.3 Å². The fourth-order valence-electron chi connectivity index (χ4n) is 2.33. The number of amides is 2. The van der Waals surface area contributed by atoms with E-state index >= 15 is 0 Å². The fraction of sp³-hybridized carbons (Fsp3) is 0.500. The molecule has 1 aliphatic rings. The Morgan fingerprint density at radius 3 is 2.74 bits per heavy atom. The lowest BCUT2D eigenvalue weighted by atomic mass is 10.1. The zero-order valence-electron chi connectivity index (χ0n) is 13.1. The second kappa shape index (κ2) is 8.50. The van der Waals surface area contributed by atoms with Crippen molar-refractivity contribution in [3.63, 3.8) is 0 Å². The molecule has 1 aromatic rings. The quantitative estimate of drug-likeness (QED) is 0.530. The highest BCUT2D eigenvalue weighted by molar-refractivity contribution is 5.87. The van der Waals surface area contributed by atoms with Crippen molar-refractivity contribution in [2.24, 2.45) is 5.92 Å². The summed E-state index contributed by atoms with van der Waals surface area (Å²) in [5, 5.41) is 18.0. The van der Waals surface area contributed by atoms with Gasteiger partial charge in [-0.2, -0.15) is 0 Å². The third-order valence-corrected chi connectivity index (χ3v) is 3.73. The third kappa shape index (κ3) is 5.54. The summed E-state index contributed by atoms with van der Waals surface area (Å²) >= 11 is 0. The summed E-state index contributed by atoms with van der Waals surface area (Å²) in [5.41, 5.74) is 0. The lowest BCUT2D eigenvalue weighted by Crippen LogP contribution is -2.48. The van der Waals surface area contributed by atoms with Gasteiger partial charge in [0.15, 0.2) is 6.61 Å². The van der Waals surface area contributed by atoms with E-state index in [9.17, 15) is 14.7 Å². The van der Waals surface area contributed by atoms with Gasteiger partial charge >= 0.3 is 0 Å². The molecule has 0 radical (unpaired) electrons. The van der Waals surface area contributed by atoms with Crippen LogP contribution in [0.25, 0.3) is 0 Å². The van der Waals surface area contributed by atoms with Crippen LogP contribution in [0.2, 0.25) is 0 Å². The van der Waals surface area contributed by atoms with Crippen LogP contribution in [0.1, 0.15) is 6.92 Å². The number of benzene rings is 1. The van der Waals surface area contributed by atoms with E-state index in [1.54, 1.807) is 19.1 Å². The van der Waals surface area contributed by atoms with Crippen molar-refractivity contribution in [1.29, 1.82) is 0 Å². The molecule has 1 heterocycles. The van der Waals surface area contributed by atoms with Crippen molar-refractivity contribution < 1.29 is 19.4 Å². The maximum Gasteiger partial charge on any atom is 0.258 e. The Kier molecular flexibility index (Phi) is 6.37. The Balaban J connectivity index is 1.67. The standard InChI is InChI=1S/C16H23N3O4/c1-11(16(22)18-8-12-7-17-9-14(12)20)19-15(21)10-23-13-5-3-2-4-6-13/h2-6,11-12,14,17,20H,7-10H2,1H3,(H,18,22)(H,19,21). The summed E-state index contributed by atoms with van der Waals surface area (Å²) < 4.78 is 5.32. The molecule has 1 fully saturated rings. The normalized spacial score (nSPS) is 21.5. The van der Waals surface area contributed by atoms with E-state index in [0.717, 1.165) is 0 Å². The molecular weight excluding hydrogens is 298 g/mol. The highest BCUT2D eigenvalue weighted by atomic mass is 16.5. The molecule has 0 aromatic heterocycles. The van der Waals surface area contributed by atoms with Crippen molar-refractivity contribution in [3.8, 4) is 5.75 Å². The molecule has 1 aromatic carbocycles. The number of hydrogen-bond donors (Lipinski definition) is 4. The van der Waals surface area contributed by atoms with E-state index in [2.05, 4.69) is 16.0 Å². The Morgan fingerprint density at radius 1 is 1.35 bits per heavy atom. The minimum Gasteiger partial charge on any atom is -0.484 e. The van der Waals surface area contributed by atoms with Gasteiger partial charge in [-0.3, -0.25) is 9.59 Å². The summed E-state index contributed by atoms with van der Waals surface area (Å²) in [6.07, 6.45) is -0.445. The first-order valence-electron chi connectivity index (χ1n) is 7.70. The number of carbonyl (C=O) groups is 2. The first-order valence-corrected chi connectivity index (χ1v) is 7.70. The maximum atomic E-state index is 11.9. The van der Waals surface area contributed by atoms with E-state index in [0.29, 0.717) is 25.4 Å². The van der Waals surface area contributed by atoms with Gasteiger partial charge in [0.2, 0.25) is 5.91 Å². The summed E-state index contributed by atoms with van der Waals surface area (Å²) in [5.74, 6) is -0.0398. The second-order valence-corrected chi connectivity index (χ2v) is 5.62. The molecule has 0 saturated carbocycles. The predicted octanol–water partition coefficient (Wildman–Crippen LogP) is -0.733. The number of nitrogens with one attached hydrogen (secondary N) is 3. The predicted molar refractivity (Wildman–Crippen MR) is 84.9 cm³/mol. The number of aliphatic hydroxyl groups is 1. The van der Waals surface area contributed by atoms with Gasteiger partial charge in [0.25, 0.3) is 5.91 Å². The van der Waals surface area contributed by atoms with Crippen LogP contribution >= 0.6 is 0 Å². The molecular formula is C16H23N3O4. The number of rotatable bonds is 7. The van der Waals surface area contributed by atoms with E-state index in [1.807, 2.05) is 18.2 Å². The van der Waals surface area contributed by atoms with E-state index < -0.39 is 12.1 Å². The number of para-hydroxylation sites is 1. The molecule has 2 rings (SSSR count). The van der Waals surface area contributed by atoms with Crippen molar-refractivity contribution in [2.75, 3.05) is 26.2 Å². The lowest BCUT2D eigenvalue weighted by molar-refractivity contribution is -0.129. The second-order valence-electron chi connectivity index (χ2n) is 5.62. The van der Waals surface area contributed by atoms with Gasteiger partial charge < -0.3 is 25.8 Å². The van der Waals surface area contributed by atoms with Gasteiger partial charge in [0.05, 0.1) is 6.10 Å². The Bertz CT molecular complexity index is 523. The SMILES string of the molecule is CC(NC(=O)COc1ccccc1)C(=O)NCC1CNCC1O. The summed E-state index contributed by atoms with van der Waals surface area (Å²) in [6, 6.07) is 8.34. The minimum absolute atomic E-state index is 0.00302. The van der Waals surface area contributed by atoms with Gasteiger partial charge in [-0.25, -0.2) is 0 Å². The highest BCUT2D eigenvalue weighted by Crippen LogP contribution is 2.08. The first kappa shape index (κ1) is 17.2. The maximum absolute atomic E-state index is 11.9. The van der Waals surface area contributed by atoms with Crippen LogP contribution in [0, 0.1) is 5.92 Å². The minimum atomic E-state index is -0.659. The fourth-order valence-corrected chi connectivity index (χ4v) is 2.33. The van der Waals surface area contributed by atoms with Gasteiger partial charge in [-0.15, -0.1) is 0 Å². The summed E-state index contributed by atoms with van der Waals surface area (Å²) in [4.78, 5) is 23.7. The monoisotopic (exact) mass is 321 g/mol. The molecule has 1 aliphatic heterocycles. The number of β-amino-alcohol motifs (C(OH)–C–C–N with tert-alkyl or cyclic N) is 1. The van der Waals surface area contributed by atoms with Crippen molar-refractivity contribution in [2.45, 2.75) is 19.1 Å². The number of ether oxygens (including phenoxy) is 1. The first-order chi connectivity index (χ1) is 11.1. The third-order valence-electron chi connectivity index (χ3n) is 3.73. The van der Waals surface area contributed by atoms with Crippen LogP contribution in [0.3, 0.4) is 0 Å². The lowest BCUT2D eigenvalue weighted by Gasteiger charge is -2.18. The van der Waals surface area contributed by atoms with Gasteiger partial charge in [0, 0.05) is 25.6 Å². The molecule has 3 atom stereocenters. The molecule has 0 spiro atoms. The van der Waals surface area contributed by atoms with Gasteiger partial charge in [-0.05, 0) is 19.1 Å². The van der Waals surface area contributed by atoms with Crippen molar-refractivity contribution in [3.05, 3.63) is 30.3 Å². The largest absolute Gasteiger partial charge is 0.484 e. The van der Waals surface area contributed by atoms with Crippen molar-refractivity contribution >= 4 is 11.8 Å². The van der Waals surface area contributed by atoms with E-state index in [4.69, 9.17) is 4.74 Å². The Morgan fingerprint density at radius 2 is 2.09 bits per heavy atom. The van der Waals surface area contributed by atoms with Crippen LogP contribution < -0.4 is 20.7 Å². The summed E-state index contributed by atoms with van der Waals surface area (Å²) in [7, 11) is 0. The zero-order chi connectivity index (χ0) is 16.7. The molecule has 3 unspecified atom stereocenters. The van der Waals surface area contributed by atoms with Gasteiger partial charge in [-0.1, -0.05) is 18.2 Å². The van der Waals surface area contributed by atoms with E-state index in [-0.39, 0.29) is 24.3 Å². The topological polar surface area (TPSA) is 99.7 Å². The molecule has 2 amide bonds. The van der Waals surface area contributed by atoms with Crippen LogP contribution in [-0.2, 0) is 9.59 Å². The smallest absolute Gasteiger partial charge is 0.258 e. The highest BCUT2D eigenvalue weighted by Gasteiger charge is 2.26. The molecule has 0 bridgehead atoms. The molecule has 126 valence electrons. The van der Waals surface area contributed by atoms with Crippen LogP contribution in [0.5, 0.6) is 5.75 Å². The van der Waals surface area contributed by atoms with Crippen molar-refractivity contribution in [1.82, 2.24) is 16.0 Å². The van der Waals surface area contributed by atoms with Crippen LogP contribution in [0.15, 0.2) is 30.3 Å². The molecule has 4 N–H and O–H groups in total. The molecule has 0 aliphatic carbocycles. The molecule has 23 heavy (non-hydrogen) atoms.